The molecular formula is C23H26N2O2. The van der Waals surface area contributed by atoms with Gasteiger partial charge in [-0.1, -0.05) is 42.5 Å². The number of fused-ring (bicyclic) bond motifs is 1. The molecule has 4 rings (SSSR count). The molecule has 1 aliphatic heterocycles. The van der Waals surface area contributed by atoms with Crippen LogP contribution in [0.5, 0.6) is 0 Å². The quantitative estimate of drug-likeness (QED) is 0.713. The number of nitrogens with zero attached hydrogens (tertiary/aromatic N) is 1. The number of benzene rings is 2. The molecule has 1 unspecified atom stereocenters. The van der Waals surface area contributed by atoms with E-state index in [1.54, 1.807) is 6.26 Å². The molecule has 4 heteroatoms. The number of likely N-dealkylation sites (tertiary alicyclic amines) is 1. The van der Waals surface area contributed by atoms with E-state index in [9.17, 15) is 4.79 Å². The molecule has 0 aliphatic carbocycles. The van der Waals surface area contributed by atoms with Crippen molar-refractivity contribution in [1.29, 1.82) is 0 Å². The lowest BCUT2D eigenvalue weighted by atomic mass is 10.0. The maximum absolute atomic E-state index is 12.6. The number of furan rings is 1. The molecule has 1 aromatic heterocycles. The minimum Gasteiger partial charge on any atom is -0.464 e. The average Bonchev–Trinajstić information content (AvgIpc) is 3.33. The monoisotopic (exact) mass is 362 g/mol. The van der Waals surface area contributed by atoms with Gasteiger partial charge in [0.1, 0.15) is 5.58 Å². The van der Waals surface area contributed by atoms with Crippen molar-refractivity contribution >= 4 is 16.9 Å². The summed E-state index contributed by atoms with van der Waals surface area (Å²) < 4.78 is 5.62. The van der Waals surface area contributed by atoms with Gasteiger partial charge in [0.05, 0.1) is 18.7 Å². The molecule has 1 fully saturated rings. The molecule has 0 spiro atoms. The van der Waals surface area contributed by atoms with Crippen molar-refractivity contribution in [3.8, 4) is 0 Å². The summed E-state index contributed by atoms with van der Waals surface area (Å²) in [6, 6.07) is 16.8. The summed E-state index contributed by atoms with van der Waals surface area (Å²) in [5.41, 5.74) is 4.21. The Bertz CT molecular complexity index is 911. The first kappa shape index (κ1) is 17.8. The van der Waals surface area contributed by atoms with Crippen LogP contribution in [-0.4, -0.2) is 30.4 Å². The van der Waals surface area contributed by atoms with Crippen LogP contribution in [0.3, 0.4) is 0 Å². The van der Waals surface area contributed by atoms with Crippen LogP contribution >= 0.6 is 0 Å². The van der Waals surface area contributed by atoms with Gasteiger partial charge in [-0.3, -0.25) is 9.69 Å². The Morgan fingerprint density at radius 2 is 1.93 bits per heavy atom. The second kappa shape index (κ2) is 7.97. The van der Waals surface area contributed by atoms with Gasteiger partial charge in [0.2, 0.25) is 5.91 Å². The maximum Gasteiger partial charge on any atom is 0.224 e. The zero-order chi connectivity index (χ0) is 18.6. The minimum absolute atomic E-state index is 0.0402. The van der Waals surface area contributed by atoms with Crippen molar-refractivity contribution < 1.29 is 9.21 Å². The standard InChI is InChI=1S/C23H26N2O2/c1-17-9-10-20-19(16-27-22(20)13-17)14-23(26)24-15-21(25-11-5-6-12-25)18-7-3-2-4-8-18/h2-4,7-10,13,16,21H,5-6,11-12,14-15H2,1H3,(H,24,26). The number of amides is 1. The first-order valence-corrected chi connectivity index (χ1v) is 9.73. The molecule has 0 saturated carbocycles. The van der Waals surface area contributed by atoms with E-state index in [0.29, 0.717) is 13.0 Å². The largest absolute Gasteiger partial charge is 0.464 e. The normalized spacial score (nSPS) is 15.9. The number of carbonyl (C=O) groups is 1. The van der Waals surface area contributed by atoms with Gasteiger partial charge >= 0.3 is 0 Å². The average molecular weight is 362 g/mol. The fourth-order valence-electron chi connectivity index (χ4n) is 3.96. The van der Waals surface area contributed by atoms with Crippen molar-refractivity contribution in [2.24, 2.45) is 0 Å². The van der Waals surface area contributed by atoms with E-state index in [2.05, 4.69) is 40.5 Å². The van der Waals surface area contributed by atoms with Crippen LogP contribution in [0, 0.1) is 6.92 Å². The SMILES string of the molecule is Cc1ccc2c(CC(=O)NCC(c3ccccc3)N3CCCC3)coc2c1. The summed E-state index contributed by atoms with van der Waals surface area (Å²) in [6.07, 6.45) is 4.52. The van der Waals surface area contributed by atoms with Crippen molar-refractivity contribution in [1.82, 2.24) is 10.2 Å². The molecule has 0 bridgehead atoms. The van der Waals surface area contributed by atoms with Gasteiger partial charge in [0, 0.05) is 17.5 Å². The molecule has 1 N–H and O–H groups in total. The van der Waals surface area contributed by atoms with E-state index in [0.717, 1.165) is 35.2 Å². The van der Waals surface area contributed by atoms with E-state index >= 15 is 0 Å². The minimum atomic E-state index is 0.0402. The summed E-state index contributed by atoms with van der Waals surface area (Å²) in [6.45, 7) is 4.87. The molecule has 1 amide bonds. The van der Waals surface area contributed by atoms with Crippen LogP contribution in [0.1, 0.15) is 35.6 Å². The fraction of sp³-hybridized carbons (Fsp3) is 0.348. The zero-order valence-corrected chi connectivity index (χ0v) is 15.8. The van der Waals surface area contributed by atoms with E-state index in [4.69, 9.17) is 4.42 Å². The molecule has 4 nitrogen and oxygen atoms in total. The Kier molecular flexibility index (Phi) is 5.26. The summed E-state index contributed by atoms with van der Waals surface area (Å²) in [4.78, 5) is 15.1. The third kappa shape index (κ3) is 4.06. The van der Waals surface area contributed by atoms with Crippen molar-refractivity contribution in [3.05, 3.63) is 71.5 Å². The Balaban J connectivity index is 1.43. The number of nitrogens with one attached hydrogen (secondary N) is 1. The van der Waals surface area contributed by atoms with Crippen LogP contribution in [0.2, 0.25) is 0 Å². The molecule has 1 atom stereocenters. The Morgan fingerprint density at radius 3 is 2.70 bits per heavy atom. The second-order valence-corrected chi connectivity index (χ2v) is 7.41. The van der Waals surface area contributed by atoms with Gasteiger partial charge < -0.3 is 9.73 Å². The van der Waals surface area contributed by atoms with Crippen LogP contribution in [0.25, 0.3) is 11.0 Å². The molecule has 3 aromatic rings. The first-order chi connectivity index (χ1) is 13.2. The number of carbonyl (C=O) groups excluding carboxylic acids is 1. The van der Waals surface area contributed by atoms with Gasteiger partial charge in [-0.05, 0) is 50.0 Å². The fourth-order valence-corrected chi connectivity index (χ4v) is 3.96. The third-order valence-corrected chi connectivity index (χ3v) is 5.42. The van der Waals surface area contributed by atoms with E-state index in [1.165, 1.54) is 18.4 Å². The molecule has 0 radical (unpaired) electrons. The van der Waals surface area contributed by atoms with Crippen molar-refractivity contribution in [3.63, 3.8) is 0 Å². The molecule has 1 aliphatic rings. The summed E-state index contributed by atoms with van der Waals surface area (Å²) in [5.74, 6) is 0.0402. The molecule has 2 aromatic carbocycles. The highest BCUT2D eigenvalue weighted by Crippen LogP contribution is 2.25. The Hall–Kier alpha value is -2.59. The second-order valence-electron chi connectivity index (χ2n) is 7.41. The molecule has 2 heterocycles. The summed E-state index contributed by atoms with van der Waals surface area (Å²) in [7, 11) is 0. The highest BCUT2D eigenvalue weighted by molar-refractivity contribution is 5.87. The molecule has 1 saturated heterocycles. The maximum atomic E-state index is 12.6. The highest BCUT2D eigenvalue weighted by atomic mass is 16.3. The van der Waals surface area contributed by atoms with Gasteiger partial charge in [-0.15, -0.1) is 0 Å². The van der Waals surface area contributed by atoms with Gasteiger partial charge in [0.25, 0.3) is 0 Å². The summed E-state index contributed by atoms with van der Waals surface area (Å²) in [5, 5.41) is 4.17. The molecule has 140 valence electrons. The number of aryl methyl sites for hydroxylation is 1. The van der Waals surface area contributed by atoms with Crippen LogP contribution in [0.4, 0.5) is 0 Å². The Morgan fingerprint density at radius 1 is 1.15 bits per heavy atom. The molecular weight excluding hydrogens is 336 g/mol. The smallest absolute Gasteiger partial charge is 0.224 e. The van der Waals surface area contributed by atoms with Crippen LogP contribution < -0.4 is 5.32 Å². The van der Waals surface area contributed by atoms with Gasteiger partial charge in [-0.2, -0.15) is 0 Å². The van der Waals surface area contributed by atoms with E-state index < -0.39 is 0 Å². The number of hydrogen-bond donors (Lipinski definition) is 1. The topological polar surface area (TPSA) is 45.5 Å². The lowest BCUT2D eigenvalue weighted by Crippen LogP contribution is -2.37. The molecule has 27 heavy (non-hydrogen) atoms. The van der Waals surface area contributed by atoms with Gasteiger partial charge in [-0.25, -0.2) is 0 Å². The number of hydrogen-bond acceptors (Lipinski definition) is 3. The lowest BCUT2D eigenvalue weighted by molar-refractivity contribution is -0.120. The van der Waals surface area contributed by atoms with Gasteiger partial charge in [0.15, 0.2) is 0 Å². The van der Waals surface area contributed by atoms with E-state index in [-0.39, 0.29) is 11.9 Å². The third-order valence-electron chi connectivity index (χ3n) is 5.42. The van der Waals surface area contributed by atoms with E-state index in [1.807, 2.05) is 25.1 Å². The lowest BCUT2D eigenvalue weighted by Gasteiger charge is -2.28. The zero-order valence-electron chi connectivity index (χ0n) is 15.8. The highest BCUT2D eigenvalue weighted by Gasteiger charge is 2.24. The van der Waals surface area contributed by atoms with Crippen LogP contribution in [0.15, 0.2) is 59.2 Å². The first-order valence-electron chi connectivity index (χ1n) is 9.73. The number of rotatable bonds is 6. The van der Waals surface area contributed by atoms with Crippen molar-refractivity contribution in [2.45, 2.75) is 32.2 Å². The van der Waals surface area contributed by atoms with Crippen molar-refractivity contribution in [2.75, 3.05) is 19.6 Å². The summed E-state index contributed by atoms with van der Waals surface area (Å²) >= 11 is 0. The Labute approximate surface area is 160 Å². The predicted octanol–water partition coefficient (Wildman–Crippen LogP) is 4.24. The predicted molar refractivity (Wildman–Crippen MR) is 108 cm³/mol. The van der Waals surface area contributed by atoms with Crippen LogP contribution in [-0.2, 0) is 11.2 Å².